The van der Waals surface area contributed by atoms with Crippen LogP contribution in [-0.2, 0) is 22.6 Å². The number of aromatic nitrogens is 1. The minimum Gasteiger partial charge on any atom is -0.459 e. The highest BCUT2D eigenvalue weighted by Crippen LogP contribution is 2.20. The third kappa shape index (κ3) is 4.97. The van der Waals surface area contributed by atoms with Gasteiger partial charge in [-0.2, -0.15) is 0 Å². The van der Waals surface area contributed by atoms with E-state index in [9.17, 15) is 19.3 Å². The van der Waals surface area contributed by atoms with Gasteiger partial charge in [0.15, 0.2) is 0 Å². The van der Waals surface area contributed by atoms with E-state index in [1.165, 1.54) is 30.5 Å². The molecule has 0 amide bonds. The first kappa shape index (κ1) is 18.2. The zero-order valence-corrected chi connectivity index (χ0v) is 14.1. The lowest BCUT2D eigenvalue weighted by Gasteiger charge is -2.03. The molecule has 0 unspecified atom stereocenters. The van der Waals surface area contributed by atoms with Crippen LogP contribution in [0.2, 0.25) is 0 Å². The zero-order valence-electron chi connectivity index (χ0n) is 14.1. The van der Waals surface area contributed by atoms with Crippen LogP contribution in [0.1, 0.15) is 17.7 Å². The molecule has 3 rings (SSSR count). The van der Waals surface area contributed by atoms with E-state index in [-0.39, 0.29) is 24.6 Å². The molecule has 0 aliphatic heterocycles. The van der Waals surface area contributed by atoms with Crippen molar-refractivity contribution in [3.63, 3.8) is 0 Å². The van der Waals surface area contributed by atoms with E-state index in [4.69, 9.17) is 9.15 Å². The molecular formula is C19H15FN2O5. The number of hydrogen-bond donors (Lipinski definition) is 0. The number of halogens is 1. The molecule has 1 heterocycles. The summed E-state index contributed by atoms with van der Waals surface area (Å²) in [4.78, 5) is 26.3. The first-order valence-electron chi connectivity index (χ1n) is 8.10. The predicted octanol–water partition coefficient (Wildman–Crippen LogP) is 4.06. The van der Waals surface area contributed by atoms with Crippen molar-refractivity contribution in [2.75, 3.05) is 0 Å². The molecule has 0 spiro atoms. The Kier molecular flexibility index (Phi) is 5.55. The summed E-state index contributed by atoms with van der Waals surface area (Å²) in [5.74, 6) is -0.631. The number of carbonyl (C=O) groups excluding carboxylic acids is 1. The van der Waals surface area contributed by atoms with Crippen LogP contribution in [-0.4, -0.2) is 15.9 Å². The molecule has 0 fully saturated rings. The molecule has 0 bridgehead atoms. The Morgan fingerprint density at radius 1 is 1.22 bits per heavy atom. The Morgan fingerprint density at radius 3 is 2.81 bits per heavy atom. The molecule has 138 valence electrons. The number of nitro benzene ring substituents is 1. The maximum Gasteiger partial charge on any atom is 0.306 e. The van der Waals surface area contributed by atoms with Crippen molar-refractivity contribution in [3.8, 4) is 11.5 Å². The number of hydrogen-bond acceptors (Lipinski definition) is 6. The molecule has 0 saturated carbocycles. The maximum absolute atomic E-state index is 13.2. The highest BCUT2D eigenvalue weighted by atomic mass is 19.1. The number of carbonyl (C=O) groups is 1. The highest BCUT2D eigenvalue weighted by molar-refractivity contribution is 5.69. The fourth-order valence-corrected chi connectivity index (χ4v) is 2.43. The average Bonchev–Trinajstić information content (AvgIpc) is 3.14. The third-order valence-electron chi connectivity index (χ3n) is 3.74. The fourth-order valence-electron chi connectivity index (χ4n) is 2.43. The number of nitrogens with zero attached hydrogens (tertiary/aromatic N) is 2. The van der Waals surface area contributed by atoms with Gasteiger partial charge in [0.05, 0.1) is 4.92 Å². The molecule has 27 heavy (non-hydrogen) atoms. The van der Waals surface area contributed by atoms with Crippen molar-refractivity contribution in [3.05, 3.63) is 82.0 Å². The van der Waals surface area contributed by atoms with Crippen LogP contribution in [0.3, 0.4) is 0 Å². The summed E-state index contributed by atoms with van der Waals surface area (Å²) in [6, 6.07) is 11.9. The van der Waals surface area contributed by atoms with Gasteiger partial charge in [0.1, 0.15) is 24.4 Å². The Bertz CT molecular complexity index is 970. The molecular weight excluding hydrogens is 355 g/mol. The summed E-state index contributed by atoms with van der Waals surface area (Å²) in [6.45, 7) is -0.0768. The second kappa shape index (κ2) is 8.22. The van der Waals surface area contributed by atoms with E-state index in [0.29, 0.717) is 23.2 Å². The molecule has 0 saturated heterocycles. The van der Waals surface area contributed by atoms with E-state index in [0.717, 1.165) is 0 Å². The minimum absolute atomic E-state index is 0.0201. The van der Waals surface area contributed by atoms with Gasteiger partial charge in [-0.1, -0.05) is 18.2 Å². The van der Waals surface area contributed by atoms with Crippen LogP contribution in [0, 0.1) is 15.9 Å². The van der Waals surface area contributed by atoms with Crippen LogP contribution in [0.15, 0.2) is 59.2 Å². The first-order valence-corrected chi connectivity index (χ1v) is 8.10. The van der Waals surface area contributed by atoms with Crippen LogP contribution in [0.4, 0.5) is 10.1 Å². The molecule has 7 nitrogen and oxygen atoms in total. The van der Waals surface area contributed by atoms with Gasteiger partial charge in [0.2, 0.25) is 5.89 Å². The second-order valence-electron chi connectivity index (χ2n) is 5.74. The second-order valence-corrected chi connectivity index (χ2v) is 5.74. The summed E-state index contributed by atoms with van der Waals surface area (Å²) < 4.78 is 23.6. The molecule has 0 aliphatic rings. The minimum atomic E-state index is -0.484. The van der Waals surface area contributed by atoms with Crippen LogP contribution in [0.25, 0.3) is 11.5 Å². The lowest BCUT2D eigenvalue weighted by molar-refractivity contribution is -0.384. The SMILES string of the molecule is O=C(CCc1cccc([N+](=O)[O-])c1)OCc1coc(-c2cccc(F)c2)n1. The van der Waals surface area contributed by atoms with Gasteiger partial charge >= 0.3 is 5.97 Å². The van der Waals surface area contributed by atoms with Crippen LogP contribution in [0.5, 0.6) is 0 Å². The quantitative estimate of drug-likeness (QED) is 0.353. The molecule has 0 N–H and O–H groups in total. The number of aryl methyl sites for hydroxylation is 1. The number of nitro groups is 1. The van der Waals surface area contributed by atoms with E-state index < -0.39 is 16.7 Å². The summed E-state index contributed by atoms with van der Waals surface area (Å²) in [5.41, 5.74) is 1.54. The number of esters is 1. The van der Waals surface area contributed by atoms with Gasteiger partial charge < -0.3 is 9.15 Å². The van der Waals surface area contributed by atoms with Crippen LogP contribution < -0.4 is 0 Å². The molecule has 0 radical (unpaired) electrons. The number of rotatable bonds is 7. The fraction of sp³-hybridized carbons (Fsp3) is 0.158. The monoisotopic (exact) mass is 370 g/mol. The van der Waals surface area contributed by atoms with E-state index in [1.807, 2.05) is 0 Å². The third-order valence-corrected chi connectivity index (χ3v) is 3.74. The Morgan fingerprint density at radius 2 is 2.04 bits per heavy atom. The smallest absolute Gasteiger partial charge is 0.306 e. The van der Waals surface area contributed by atoms with Crippen molar-refractivity contribution in [1.82, 2.24) is 4.98 Å². The largest absolute Gasteiger partial charge is 0.459 e. The summed E-state index contributed by atoms with van der Waals surface area (Å²) in [6.07, 6.45) is 1.75. The summed E-state index contributed by atoms with van der Waals surface area (Å²) >= 11 is 0. The molecule has 1 aromatic heterocycles. The zero-order chi connectivity index (χ0) is 19.2. The molecule has 0 aliphatic carbocycles. The number of non-ortho nitro benzene ring substituents is 1. The van der Waals surface area contributed by atoms with Crippen molar-refractivity contribution < 1.29 is 23.3 Å². The van der Waals surface area contributed by atoms with Crippen molar-refractivity contribution in [2.45, 2.75) is 19.4 Å². The number of oxazole rings is 1. The molecule has 3 aromatic rings. The van der Waals surface area contributed by atoms with Crippen LogP contribution >= 0.6 is 0 Å². The van der Waals surface area contributed by atoms with E-state index >= 15 is 0 Å². The average molecular weight is 370 g/mol. The Balaban J connectivity index is 1.51. The maximum atomic E-state index is 13.2. The molecule has 2 aromatic carbocycles. The lowest BCUT2D eigenvalue weighted by atomic mass is 10.1. The number of benzene rings is 2. The first-order chi connectivity index (χ1) is 13.0. The lowest BCUT2D eigenvalue weighted by Crippen LogP contribution is -2.06. The topological polar surface area (TPSA) is 95.5 Å². The van der Waals surface area contributed by atoms with E-state index in [1.54, 1.807) is 24.3 Å². The predicted molar refractivity (Wildman–Crippen MR) is 93.1 cm³/mol. The van der Waals surface area contributed by atoms with Gasteiger partial charge in [-0.25, -0.2) is 9.37 Å². The summed E-state index contributed by atoms with van der Waals surface area (Å²) in [5, 5.41) is 10.8. The molecule has 8 heteroatoms. The standard InChI is InChI=1S/C19H15FN2O5/c20-15-5-2-4-14(10-15)19-21-16(12-27-19)11-26-18(23)8-7-13-3-1-6-17(9-13)22(24)25/h1-6,9-10,12H,7-8,11H2. The normalized spacial score (nSPS) is 10.6. The summed E-state index contributed by atoms with van der Waals surface area (Å²) in [7, 11) is 0. The van der Waals surface area contributed by atoms with Gasteiger partial charge in [-0.05, 0) is 30.2 Å². The van der Waals surface area contributed by atoms with Gasteiger partial charge in [0, 0.05) is 24.1 Å². The van der Waals surface area contributed by atoms with Gasteiger partial charge in [-0.3, -0.25) is 14.9 Å². The Labute approximate surface area is 153 Å². The van der Waals surface area contributed by atoms with E-state index in [2.05, 4.69) is 4.98 Å². The van der Waals surface area contributed by atoms with Crippen molar-refractivity contribution >= 4 is 11.7 Å². The highest BCUT2D eigenvalue weighted by Gasteiger charge is 2.11. The Hall–Kier alpha value is -3.55. The van der Waals surface area contributed by atoms with Crippen molar-refractivity contribution in [1.29, 1.82) is 0 Å². The van der Waals surface area contributed by atoms with Crippen molar-refractivity contribution in [2.24, 2.45) is 0 Å². The van der Waals surface area contributed by atoms with Gasteiger partial charge in [0.25, 0.3) is 5.69 Å². The molecule has 0 atom stereocenters. The number of ether oxygens (including phenoxy) is 1. The van der Waals surface area contributed by atoms with Gasteiger partial charge in [-0.15, -0.1) is 0 Å².